The number of aromatic amines is 1. The zero-order valence-corrected chi connectivity index (χ0v) is 15.0. The van der Waals surface area contributed by atoms with E-state index in [1.165, 1.54) is 0 Å². The molecule has 0 aromatic carbocycles. The van der Waals surface area contributed by atoms with E-state index in [0.717, 1.165) is 25.8 Å². The van der Waals surface area contributed by atoms with Crippen molar-refractivity contribution in [3.63, 3.8) is 0 Å². The van der Waals surface area contributed by atoms with Gasteiger partial charge in [0.2, 0.25) is 17.1 Å². The Balaban J connectivity index is 1.59. The van der Waals surface area contributed by atoms with Crippen molar-refractivity contribution in [3.8, 4) is 0 Å². The van der Waals surface area contributed by atoms with Gasteiger partial charge in [0.25, 0.3) is 0 Å². The maximum Gasteiger partial charge on any atom is 0.242 e. The van der Waals surface area contributed by atoms with Gasteiger partial charge in [-0.1, -0.05) is 0 Å². The number of carbonyl (C=O) groups excluding carboxylic acids is 2. The van der Waals surface area contributed by atoms with Gasteiger partial charge in [0, 0.05) is 38.5 Å². The van der Waals surface area contributed by atoms with Gasteiger partial charge < -0.3 is 9.80 Å². The van der Waals surface area contributed by atoms with Crippen molar-refractivity contribution >= 4 is 23.4 Å². The standard InChI is InChI=1S/C16H24ClN5O2/c1-11(2)22-8-3-6-16(14(22)24)7-9-21(10-16)13(23)5-4-12-18-15(17)20-19-12/h11H,3-10H2,1-2H3,(H,18,19,20)/t16-/m1/s1. The molecule has 0 radical (unpaired) electrons. The number of nitrogens with one attached hydrogen (secondary N) is 1. The van der Waals surface area contributed by atoms with Crippen LogP contribution in [0.5, 0.6) is 0 Å². The Kier molecular flexibility index (Phi) is 4.80. The average molecular weight is 354 g/mol. The summed E-state index contributed by atoms with van der Waals surface area (Å²) in [5.41, 5.74) is -0.367. The summed E-state index contributed by atoms with van der Waals surface area (Å²) < 4.78 is 0. The van der Waals surface area contributed by atoms with E-state index in [0.29, 0.717) is 31.8 Å². The van der Waals surface area contributed by atoms with Crippen molar-refractivity contribution in [1.82, 2.24) is 25.0 Å². The van der Waals surface area contributed by atoms with Crippen molar-refractivity contribution < 1.29 is 9.59 Å². The number of hydrogen-bond donors (Lipinski definition) is 1. The number of hydrogen-bond acceptors (Lipinski definition) is 4. The topological polar surface area (TPSA) is 82.2 Å². The smallest absolute Gasteiger partial charge is 0.242 e. The lowest BCUT2D eigenvalue weighted by atomic mass is 9.78. The molecule has 3 heterocycles. The van der Waals surface area contributed by atoms with Gasteiger partial charge in [-0.2, -0.15) is 0 Å². The predicted octanol–water partition coefficient (Wildman–Crippen LogP) is 1.64. The number of H-pyrrole nitrogens is 1. The van der Waals surface area contributed by atoms with Gasteiger partial charge in [-0.3, -0.25) is 14.7 Å². The van der Waals surface area contributed by atoms with Gasteiger partial charge in [0.15, 0.2) is 0 Å². The molecular weight excluding hydrogens is 330 g/mol. The quantitative estimate of drug-likeness (QED) is 0.892. The van der Waals surface area contributed by atoms with Crippen LogP contribution in [0, 0.1) is 5.41 Å². The summed E-state index contributed by atoms with van der Waals surface area (Å²) in [5, 5.41) is 6.62. The molecule has 1 aromatic heterocycles. The Morgan fingerprint density at radius 2 is 2.17 bits per heavy atom. The summed E-state index contributed by atoms with van der Waals surface area (Å²) in [6.07, 6.45) is 3.51. The number of aryl methyl sites for hydroxylation is 1. The predicted molar refractivity (Wildman–Crippen MR) is 89.4 cm³/mol. The molecule has 24 heavy (non-hydrogen) atoms. The van der Waals surface area contributed by atoms with Crippen LogP contribution in [-0.2, 0) is 16.0 Å². The Morgan fingerprint density at radius 3 is 2.83 bits per heavy atom. The monoisotopic (exact) mass is 353 g/mol. The number of halogens is 1. The summed E-state index contributed by atoms with van der Waals surface area (Å²) in [4.78, 5) is 33.2. The fourth-order valence-electron chi connectivity index (χ4n) is 3.82. The minimum atomic E-state index is -0.367. The molecule has 132 valence electrons. The molecule has 0 saturated carbocycles. The van der Waals surface area contributed by atoms with Crippen LogP contribution in [0.25, 0.3) is 0 Å². The molecule has 7 nitrogen and oxygen atoms in total. The third-order valence-corrected chi connectivity index (χ3v) is 5.35. The number of rotatable bonds is 4. The zero-order valence-electron chi connectivity index (χ0n) is 14.2. The van der Waals surface area contributed by atoms with Crippen LogP contribution in [0.4, 0.5) is 0 Å². The Bertz CT molecular complexity index is 632. The second-order valence-corrected chi connectivity index (χ2v) is 7.43. The van der Waals surface area contributed by atoms with Gasteiger partial charge in [-0.05, 0) is 44.7 Å². The van der Waals surface area contributed by atoms with Crippen LogP contribution in [0.15, 0.2) is 0 Å². The lowest BCUT2D eigenvalue weighted by molar-refractivity contribution is -0.148. The van der Waals surface area contributed by atoms with E-state index >= 15 is 0 Å². The first-order valence-electron chi connectivity index (χ1n) is 8.57. The molecule has 2 aliphatic heterocycles. The summed E-state index contributed by atoms with van der Waals surface area (Å²) in [7, 11) is 0. The number of nitrogens with zero attached hydrogens (tertiary/aromatic N) is 4. The summed E-state index contributed by atoms with van der Waals surface area (Å²) in [6.45, 7) is 6.14. The fourth-order valence-corrected chi connectivity index (χ4v) is 3.97. The molecule has 8 heteroatoms. The third kappa shape index (κ3) is 3.27. The minimum absolute atomic E-state index is 0.0638. The van der Waals surface area contributed by atoms with Crippen LogP contribution in [0.3, 0.4) is 0 Å². The highest BCUT2D eigenvalue weighted by Gasteiger charge is 2.49. The lowest BCUT2D eigenvalue weighted by Gasteiger charge is -2.41. The molecule has 0 bridgehead atoms. The second-order valence-electron chi connectivity index (χ2n) is 7.09. The summed E-state index contributed by atoms with van der Waals surface area (Å²) in [5.74, 6) is 0.900. The number of carbonyl (C=O) groups is 2. The highest BCUT2D eigenvalue weighted by atomic mass is 35.5. The first-order chi connectivity index (χ1) is 11.4. The van der Waals surface area contributed by atoms with Crippen molar-refractivity contribution in [3.05, 3.63) is 11.1 Å². The molecule has 3 rings (SSSR count). The van der Waals surface area contributed by atoms with E-state index in [-0.39, 0.29) is 28.6 Å². The van der Waals surface area contributed by atoms with E-state index in [1.54, 1.807) is 0 Å². The molecule has 2 saturated heterocycles. The second kappa shape index (κ2) is 6.70. The molecule has 2 amide bonds. The maximum atomic E-state index is 12.9. The number of amides is 2. The SMILES string of the molecule is CC(C)N1CCC[C@]2(CCN(C(=O)CCc3nc(Cl)n[nH]3)C2)C1=O. The molecule has 2 aliphatic rings. The van der Waals surface area contributed by atoms with Crippen LogP contribution >= 0.6 is 11.6 Å². The van der Waals surface area contributed by atoms with E-state index < -0.39 is 0 Å². The molecule has 0 aliphatic carbocycles. The third-order valence-electron chi connectivity index (χ3n) is 5.18. The highest BCUT2D eigenvalue weighted by molar-refractivity contribution is 6.28. The zero-order chi connectivity index (χ0) is 17.3. The van der Waals surface area contributed by atoms with E-state index in [4.69, 9.17) is 11.6 Å². The van der Waals surface area contributed by atoms with E-state index in [2.05, 4.69) is 29.0 Å². The molecule has 1 N–H and O–H groups in total. The van der Waals surface area contributed by atoms with Crippen LogP contribution in [-0.4, -0.2) is 62.5 Å². The minimum Gasteiger partial charge on any atom is -0.342 e. The van der Waals surface area contributed by atoms with Gasteiger partial charge in [-0.15, -0.1) is 5.10 Å². The van der Waals surface area contributed by atoms with Crippen molar-refractivity contribution in [2.45, 2.75) is 52.0 Å². The molecule has 1 spiro atoms. The molecular formula is C16H24ClN5O2. The largest absolute Gasteiger partial charge is 0.342 e. The number of piperidine rings is 1. The van der Waals surface area contributed by atoms with E-state index in [1.807, 2.05) is 9.80 Å². The normalized spacial score (nSPS) is 24.4. The first-order valence-corrected chi connectivity index (χ1v) is 8.95. The van der Waals surface area contributed by atoms with Gasteiger partial charge >= 0.3 is 0 Å². The summed E-state index contributed by atoms with van der Waals surface area (Å²) >= 11 is 5.66. The molecule has 2 fully saturated rings. The Morgan fingerprint density at radius 1 is 1.38 bits per heavy atom. The maximum absolute atomic E-state index is 12.9. The number of aromatic nitrogens is 3. The molecule has 1 aromatic rings. The van der Waals surface area contributed by atoms with Crippen molar-refractivity contribution in [2.75, 3.05) is 19.6 Å². The van der Waals surface area contributed by atoms with Crippen LogP contribution in [0.1, 0.15) is 45.4 Å². The average Bonchev–Trinajstić information content (AvgIpc) is 3.15. The number of likely N-dealkylation sites (tertiary alicyclic amines) is 2. The van der Waals surface area contributed by atoms with Gasteiger partial charge in [-0.25, -0.2) is 4.98 Å². The Hall–Kier alpha value is -1.63. The van der Waals surface area contributed by atoms with Crippen molar-refractivity contribution in [2.24, 2.45) is 5.41 Å². The van der Waals surface area contributed by atoms with Crippen LogP contribution < -0.4 is 0 Å². The summed E-state index contributed by atoms with van der Waals surface area (Å²) in [6, 6.07) is 0.218. The van der Waals surface area contributed by atoms with Crippen molar-refractivity contribution in [1.29, 1.82) is 0 Å². The highest BCUT2D eigenvalue weighted by Crippen LogP contribution is 2.40. The molecule has 1 atom stereocenters. The fraction of sp³-hybridized carbons (Fsp3) is 0.750. The lowest BCUT2D eigenvalue weighted by Crippen LogP contribution is -2.52. The van der Waals surface area contributed by atoms with Gasteiger partial charge in [0.1, 0.15) is 5.82 Å². The first kappa shape index (κ1) is 17.2. The van der Waals surface area contributed by atoms with Crippen LogP contribution in [0.2, 0.25) is 5.28 Å². The van der Waals surface area contributed by atoms with E-state index in [9.17, 15) is 9.59 Å². The van der Waals surface area contributed by atoms with Gasteiger partial charge in [0.05, 0.1) is 5.41 Å². The molecule has 0 unspecified atom stereocenters. The Labute approximate surface area is 146 Å².